The summed E-state index contributed by atoms with van der Waals surface area (Å²) in [5.74, 6) is 1.34. The lowest BCUT2D eigenvalue weighted by molar-refractivity contribution is 0.0615. The average Bonchev–Trinajstić information content (AvgIpc) is 3.40. The number of nitrogens with zero attached hydrogens (tertiary/aromatic N) is 5. The summed E-state index contributed by atoms with van der Waals surface area (Å²) in [5.41, 5.74) is 1.82. The number of hydrogen-bond donors (Lipinski definition) is 0. The van der Waals surface area contributed by atoms with Crippen LogP contribution >= 0.6 is 11.3 Å². The highest BCUT2D eigenvalue weighted by atomic mass is 32.1. The molecule has 0 spiro atoms. The van der Waals surface area contributed by atoms with Crippen molar-refractivity contribution in [3.63, 3.8) is 0 Å². The van der Waals surface area contributed by atoms with E-state index < -0.39 is 0 Å². The first-order valence-corrected chi connectivity index (χ1v) is 10.1. The Balaban J connectivity index is 1.31. The highest BCUT2D eigenvalue weighted by Gasteiger charge is 2.23. The van der Waals surface area contributed by atoms with Gasteiger partial charge in [-0.05, 0) is 35.7 Å². The van der Waals surface area contributed by atoms with Gasteiger partial charge in [0.15, 0.2) is 0 Å². The van der Waals surface area contributed by atoms with Gasteiger partial charge in [0.05, 0.1) is 11.4 Å². The quantitative estimate of drug-likeness (QED) is 0.660. The Kier molecular flexibility index (Phi) is 5.40. The maximum Gasteiger partial charge on any atom is 0.253 e. The minimum Gasteiger partial charge on any atom is -0.378 e. The molecule has 0 unspecified atom stereocenters. The van der Waals surface area contributed by atoms with Crippen LogP contribution in [-0.2, 0) is 6.54 Å². The molecule has 1 saturated heterocycles. The van der Waals surface area contributed by atoms with Gasteiger partial charge in [0, 0.05) is 51.5 Å². The molecule has 4 rings (SSSR count). The van der Waals surface area contributed by atoms with Crippen molar-refractivity contribution in [3.8, 4) is 10.7 Å². The molecule has 0 atom stereocenters. The number of benzene rings is 1. The third-order valence-electron chi connectivity index (χ3n) is 4.86. The Bertz CT molecular complexity index is 912. The van der Waals surface area contributed by atoms with Crippen LogP contribution in [0.1, 0.15) is 16.2 Å². The van der Waals surface area contributed by atoms with E-state index in [0.29, 0.717) is 31.3 Å². The lowest BCUT2D eigenvalue weighted by Gasteiger charge is -2.34. The van der Waals surface area contributed by atoms with E-state index in [-0.39, 0.29) is 5.91 Å². The van der Waals surface area contributed by atoms with Gasteiger partial charge in [-0.2, -0.15) is 4.98 Å². The molecule has 2 aromatic heterocycles. The fourth-order valence-electron chi connectivity index (χ4n) is 3.21. The van der Waals surface area contributed by atoms with Crippen LogP contribution in [0.15, 0.2) is 46.3 Å². The zero-order chi connectivity index (χ0) is 19.5. The molecule has 8 heteroatoms. The van der Waals surface area contributed by atoms with Crippen LogP contribution in [0.5, 0.6) is 0 Å². The van der Waals surface area contributed by atoms with E-state index in [1.54, 1.807) is 11.3 Å². The molecule has 0 bridgehead atoms. The first kappa shape index (κ1) is 18.6. The summed E-state index contributed by atoms with van der Waals surface area (Å²) in [7, 11) is 3.98. The van der Waals surface area contributed by atoms with Crippen LogP contribution in [0.2, 0.25) is 0 Å². The molecule has 0 N–H and O–H groups in total. The largest absolute Gasteiger partial charge is 0.378 e. The van der Waals surface area contributed by atoms with Crippen LogP contribution in [0, 0.1) is 0 Å². The standard InChI is InChI=1S/C20H23N5O2S/c1-23(2)16-7-5-15(6-8-16)20(26)25-11-9-24(10-12-25)14-18-21-19(22-27-18)17-4-3-13-28-17/h3-8,13H,9-12,14H2,1-2H3. The Morgan fingerprint density at radius 3 is 2.54 bits per heavy atom. The van der Waals surface area contributed by atoms with Gasteiger partial charge in [-0.15, -0.1) is 11.3 Å². The van der Waals surface area contributed by atoms with Gasteiger partial charge in [-0.1, -0.05) is 11.2 Å². The van der Waals surface area contributed by atoms with Crippen LogP contribution < -0.4 is 4.90 Å². The topological polar surface area (TPSA) is 65.7 Å². The molecular formula is C20H23N5O2S. The summed E-state index contributed by atoms with van der Waals surface area (Å²) < 4.78 is 5.38. The fraction of sp³-hybridized carbons (Fsp3) is 0.350. The van der Waals surface area contributed by atoms with Crippen molar-refractivity contribution in [1.82, 2.24) is 19.9 Å². The molecule has 3 aromatic rings. The second-order valence-electron chi connectivity index (χ2n) is 7.00. The maximum atomic E-state index is 12.7. The van der Waals surface area contributed by atoms with E-state index in [2.05, 4.69) is 15.0 Å². The number of aromatic nitrogens is 2. The van der Waals surface area contributed by atoms with Crippen LogP contribution in [0.3, 0.4) is 0 Å². The third-order valence-corrected chi connectivity index (χ3v) is 5.72. The van der Waals surface area contributed by atoms with E-state index >= 15 is 0 Å². The first-order chi connectivity index (χ1) is 13.6. The van der Waals surface area contributed by atoms with Crippen molar-refractivity contribution >= 4 is 22.9 Å². The first-order valence-electron chi connectivity index (χ1n) is 9.25. The number of carbonyl (C=O) groups is 1. The van der Waals surface area contributed by atoms with Gasteiger partial charge in [0.25, 0.3) is 5.91 Å². The van der Waals surface area contributed by atoms with Crippen molar-refractivity contribution in [2.45, 2.75) is 6.54 Å². The van der Waals surface area contributed by atoms with E-state index in [9.17, 15) is 4.79 Å². The molecule has 3 heterocycles. The Morgan fingerprint density at radius 1 is 1.14 bits per heavy atom. The minimum absolute atomic E-state index is 0.0859. The van der Waals surface area contributed by atoms with Crippen LogP contribution in [0.25, 0.3) is 10.7 Å². The number of amides is 1. The number of carbonyl (C=O) groups excluding carboxylic acids is 1. The molecule has 1 amide bonds. The van der Waals surface area contributed by atoms with Crippen molar-refractivity contribution in [2.75, 3.05) is 45.2 Å². The number of rotatable bonds is 5. The molecule has 1 fully saturated rings. The lowest BCUT2D eigenvalue weighted by Crippen LogP contribution is -2.48. The molecule has 1 aliphatic rings. The van der Waals surface area contributed by atoms with Crippen LogP contribution in [-0.4, -0.2) is 66.1 Å². The molecule has 0 saturated carbocycles. The second kappa shape index (κ2) is 8.12. The van der Waals surface area contributed by atoms with Gasteiger partial charge in [0.1, 0.15) is 0 Å². The summed E-state index contributed by atoms with van der Waals surface area (Å²) in [6, 6.07) is 11.7. The molecule has 1 aliphatic heterocycles. The summed E-state index contributed by atoms with van der Waals surface area (Å²) >= 11 is 1.59. The predicted octanol–water partition coefficient (Wildman–Crippen LogP) is 2.82. The van der Waals surface area contributed by atoms with Crippen molar-refractivity contribution in [3.05, 3.63) is 53.2 Å². The smallest absolute Gasteiger partial charge is 0.253 e. The maximum absolute atomic E-state index is 12.7. The van der Waals surface area contributed by atoms with Crippen molar-refractivity contribution in [2.24, 2.45) is 0 Å². The highest BCUT2D eigenvalue weighted by molar-refractivity contribution is 7.13. The van der Waals surface area contributed by atoms with E-state index in [1.807, 2.05) is 65.7 Å². The minimum atomic E-state index is 0.0859. The van der Waals surface area contributed by atoms with Gasteiger partial charge in [-0.3, -0.25) is 9.69 Å². The summed E-state index contributed by atoms with van der Waals surface area (Å²) in [4.78, 5) is 24.4. The van der Waals surface area contributed by atoms with Crippen LogP contribution in [0.4, 0.5) is 5.69 Å². The summed E-state index contributed by atoms with van der Waals surface area (Å²) in [6.07, 6.45) is 0. The van der Waals surface area contributed by atoms with E-state index in [4.69, 9.17) is 4.52 Å². The highest BCUT2D eigenvalue weighted by Crippen LogP contribution is 2.22. The zero-order valence-corrected chi connectivity index (χ0v) is 16.9. The molecule has 0 radical (unpaired) electrons. The molecule has 1 aromatic carbocycles. The summed E-state index contributed by atoms with van der Waals surface area (Å²) in [6.45, 7) is 3.58. The normalized spacial score (nSPS) is 15.0. The molecular weight excluding hydrogens is 374 g/mol. The molecule has 28 heavy (non-hydrogen) atoms. The third kappa shape index (κ3) is 4.07. The number of hydrogen-bond acceptors (Lipinski definition) is 7. The van der Waals surface area contributed by atoms with Crippen molar-refractivity contribution in [1.29, 1.82) is 0 Å². The summed E-state index contributed by atoms with van der Waals surface area (Å²) in [5, 5.41) is 6.05. The number of thiophene rings is 1. The second-order valence-corrected chi connectivity index (χ2v) is 7.95. The van der Waals surface area contributed by atoms with E-state index in [0.717, 1.165) is 29.2 Å². The predicted molar refractivity (Wildman–Crippen MR) is 110 cm³/mol. The Morgan fingerprint density at radius 2 is 1.89 bits per heavy atom. The molecule has 7 nitrogen and oxygen atoms in total. The Labute approximate surface area is 168 Å². The van der Waals surface area contributed by atoms with E-state index in [1.165, 1.54) is 0 Å². The van der Waals surface area contributed by atoms with Gasteiger partial charge < -0.3 is 14.3 Å². The van der Waals surface area contributed by atoms with Gasteiger partial charge >= 0.3 is 0 Å². The van der Waals surface area contributed by atoms with Crippen molar-refractivity contribution < 1.29 is 9.32 Å². The fourth-order valence-corrected chi connectivity index (χ4v) is 3.86. The SMILES string of the molecule is CN(C)c1ccc(C(=O)N2CCN(Cc3nc(-c4cccs4)no3)CC2)cc1. The lowest BCUT2D eigenvalue weighted by atomic mass is 10.1. The molecule has 0 aliphatic carbocycles. The number of piperazine rings is 1. The van der Waals surface area contributed by atoms with Gasteiger partial charge in [0.2, 0.25) is 11.7 Å². The zero-order valence-electron chi connectivity index (χ0n) is 16.0. The average molecular weight is 398 g/mol. The Hall–Kier alpha value is -2.71. The number of anilines is 1. The monoisotopic (exact) mass is 397 g/mol. The molecule has 146 valence electrons. The van der Waals surface area contributed by atoms with Gasteiger partial charge in [-0.25, -0.2) is 0 Å².